The number of carbonyl (C=O) groups excluding carboxylic acids is 7. The number of phenolic OH excluding ortho intramolecular Hbond substituents is 1. The molecule has 0 saturated carbocycles. The van der Waals surface area contributed by atoms with Gasteiger partial charge in [0.25, 0.3) is 17.7 Å². The van der Waals surface area contributed by atoms with Gasteiger partial charge in [0.2, 0.25) is 11.8 Å². The van der Waals surface area contributed by atoms with Gasteiger partial charge in [-0.1, -0.05) is 25.3 Å². The van der Waals surface area contributed by atoms with Crippen LogP contribution in [0.25, 0.3) is 33.4 Å². The number of carbonyl (C=O) groups is 8. The number of aromatic carboxylic acids is 1. The molecule has 3 fully saturated rings. The standard InChI is InChI=1S/C45H46N4O13S/c50-25-11-14-29-35(19-25)61-36-20-26(51)12-15-30(36)42(29)28-13-10-24(18-31(28)44(58)59)43(57)46-22-27(52)6-2-1-3-7-33(45(60)62-49-40(55)16-17-41(49)56)47-38(53)9-5-4-8-37-32-21-39(54)48-34(32)23-63-37/h10-15,18-20,32-34,37,50H,1-9,16-17,21-23H2,(H,46,57)(H,47,53)(H,48,54)(H,58,59)/t32-,33?,34-,37-/m0/s1. The number of hydroxylamine groups is 2. The molecule has 4 heterocycles. The first-order valence-corrected chi connectivity index (χ1v) is 22.0. The molecule has 18 heteroatoms. The Morgan fingerprint density at radius 2 is 1.65 bits per heavy atom. The van der Waals surface area contributed by atoms with Crippen molar-refractivity contribution in [3.8, 4) is 28.2 Å². The van der Waals surface area contributed by atoms with Crippen LogP contribution in [0.15, 0.2) is 63.8 Å². The van der Waals surface area contributed by atoms with Crippen LogP contribution in [0.1, 0.15) is 97.8 Å². The van der Waals surface area contributed by atoms with E-state index in [4.69, 9.17) is 9.25 Å². The predicted molar refractivity (Wildman–Crippen MR) is 227 cm³/mol. The van der Waals surface area contributed by atoms with Crippen LogP contribution in [0.4, 0.5) is 0 Å². The number of aromatic hydroxyl groups is 1. The van der Waals surface area contributed by atoms with Gasteiger partial charge >= 0.3 is 11.9 Å². The van der Waals surface area contributed by atoms with Crippen molar-refractivity contribution in [3.63, 3.8) is 0 Å². The number of ketones is 1. The van der Waals surface area contributed by atoms with E-state index in [1.165, 1.54) is 48.5 Å². The minimum absolute atomic E-state index is 0.0137. The summed E-state index contributed by atoms with van der Waals surface area (Å²) >= 11 is 1.84. The fraction of sp³-hybridized carbons (Fsp3) is 0.400. The molecule has 4 atom stereocenters. The van der Waals surface area contributed by atoms with Crippen molar-refractivity contribution in [1.29, 1.82) is 0 Å². The van der Waals surface area contributed by atoms with Gasteiger partial charge in [-0.05, 0) is 67.6 Å². The minimum atomic E-state index is -1.33. The number of imide groups is 1. The number of carboxylic acids is 1. The molecule has 1 aliphatic carbocycles. The number of benzene rings is 3. The molecule has 0 spiro atoms. The Bertz CT molecular complexity index is 2500. The number of fused-ring (bicyclic) bond motifs is 3. The van der Waals surface area contributed by atoms with Crippen LogP contribution in [0.3, 0.4) is 0 Å². The zero-order chi connectivity index (χ0) is 44.8. The maximum atomic E-state index is 13.2. The van der Waals surface area contributed by atoms with Crippen LogP contribution in [-0.2, 0) is 33.6 Å². The van der Waals surface area contributed by atoms with Crippen molar-refractivity contribution in [2.75, 3.05) is 12.3 Å². The van der Waals surface area contributed by atoms with E-state index in [1.54, 1.807) is 6.07 Å². The number of thioether (sulfide) groups is 1. The van der Waals surface area contributed by atoms with Crippen molar-refractivity contribution in [2.45, 2.75) is 94.4 Å². The number of Topliss-reactive ketones (excluding diaryl/α,β-unsaturated/α-hetero) is 1. The Labute approximate surface area is 364 Å². The summed E-state index contributed by atoms with van der Waals surface area (Å²) in [7, 11) is 0. The van der Waals surface area contributed by atoms with Gasteiger partial charge in [0.15, 0.2) is 11.2 Å². The molecule has 5 aliphatic rings. The maximum Gasteiger partial charge on any atom is 0.355 e. The Hall–Kier alpha value is -6.56. The Kier molecular flexibility index (Phi) is 13.9. The second-order valence-corrected chi connectivity index (χ2v) is 17.2. The van der Waals surface area contributed by atoms with Gasteiger partial charge in [-0.25, -0.2) is 9.59 Å². The number of hydrogen-bond acceptors (Lipinski definition) is 13. The molecule has 330 valence electrons. The third-order valence-corrected chi connectivity index (χ3v) is 13.1. The first-order valence-electron chi connectivity index (χ1n) is 20.9. The first kappa shape index (κ1) is 44.5. The molecule has 0 radical (unpaired) electrons. The number of rotatable bonds is 19. The highest BCUT2D eigenvalue weighted by molar-refractivity contribution is 8.00. The summed E-state index contributed by atoms with van der Waals surface area (Å²) < 4.78 is 5.86. The lowest BCUT2D eigenvalue weighted by Crippen LogP contribution is -2.45. The largest absolute Gasteiger partial charge is 0.508 e. The molecule has 2 aromatic rings. The van der Waals surface area contributed by atoms with Gasteiger partial charge in [-0.2, -0.15) is 11.8 Å². The third-order valence-electron chi connectivity index (χ3n) is 11.6. The van der Waals surface area contributed by atoms with E-state index in [9.17, 15) is 53.4 Å². The highest BCUT2D eigenvalue weighted by atomic mass is 32.2. The Morgan fingerprint density at radius 3 is 2.43 bits per heavy atom. The normalized spacial score (nSPS) is 18.6. The molecule has 3 saturated heterocycles. The molecule has 5 amide bonds. The summed E-state index contributed by atoms with van der Waals surface area (Å²) in [6, 6.07) is 11.6. The van der Waals surface area contributed by atoms with Crippen molar-refractivity contribution in [3.05, 3.63) is 75.9 Å². The number of hydrogen-bond donors (Lipinski definition) is 5. The second-order valence-electron chi connectivity index (χ2n) is 16.0. The van der Waals surface area contributed by atoms with Crippen LogP contribution in [-0.4, -0.2) is 92.2 Å². The number of phenols is 1. The van der Waals surface area contributed by atoms with Crippen molar-refractivity contribution >= 4 is 70.0 Å². The monoisotopic (exact) mass is 882 g/mol. The fourth-order valence-corrected chi connectivity index (χ4v) is 9.99. The van der Waals surface area contributed by atoms with Gasteiger partial charge in [-0.15, -0.1) is 5.06 Å². The van der Waals surface area contributed by atoms with E-state index in [-0.39, 0.29) is 102 Å². The average Bonchev–Trinajstić information content (AvgIpc) is 3.92. The lowest BCUT2D eigenvalue weighted by Gasteiger charge is -2.20. The van der Waals surface area contributed by atoms with Gasteiger partial charge in [0.1, 0.15) is 23.1 Å². The topological polar surface area (TPSA) is 256 Å². The highest BCUT2D eigenvalue weighted by Gasteiger charge is 2.43. The van der Waals surface area contributed by atoms with Gasteiger partial charge in [0.05, 0.1) is 12.1 Å². The summed E-state index contributed by atoms with van der Waals surface area (Å²) in [4.78, 5) is 118. The molecule has 4 aliphatic heterocycles. The van der Waals surface area contributed by atoms with Crippen molar-refractivity contribution in [2.24, 2.45) is 5.92 Å². The summed E-state index contributed by atoms with van der Waals surface area (Å²) in [5.74, 6) is -3.62. The number of nitrogens with zero attached hydrogens (tertiary/aromatic N) is 1. The number of carboxylic acid groups (broad SMARTS) is 1. The van der Waals surface area contributed by atoms with Gasteiger partial charge in [-0.3, -0.25) is 33.6 Å². The maximum absolute atomic E-state index is 13.2. The van der Waals surface area contributed by atoms with Gasteiger partial charge < -0.3 is 35.4 Å². The molecule has 0 aromatic heterocycles. The molecule has 17 nitrogen and oxygen atoms in total. The lowest BCUT2D eigenvalue weighted by molar-refractivity contribution is -0.199. The predicted octanol–water partition coefficient (Wildman–Crippen LogP) is 4.49. The van der Waals surface area contributed by atoms with Crippen molar-refractivity contribution in [1.82, 2.24) is 21.0 Å². The zero-order valence-electron chi connectivity index (χ0n) is 34.1. The molecule has 2 aromatic carbocycles. The van der Waals surface area contributed by atoms with E-state index in [2.05, 4.69) is 16.0 Å². The summed E-state index contributed by atoms with van der Waals surface area (Å²) in [6.45, 7) is -0.335. The van der Waals surface area contributed by atoms with Crippen LogP contribution in [0, 0.1) is 5.92 Å². The number of nitrogens with one attached hydrogen (secondary N) is 3. The first-order chi connectivity index (χ1) is 30.2. The van der Waals surface area contributed by atoms with Crippen LogP contribution < -0.4 is 21.4 Å². The number of unbranched alkanes of at least 4 members (excludes halogenated alkanes) is 3. The third kappa shape index (κ3) is 10.6. The highest BCUT2D eigenvalue weighted by Crippen LogP contribution is 2.43. The molecule has 5 N–H and O–H groups in total. The van der Waals surface area contributed by atoms with E-state index in [0.29, 0.717) is 64.8 Å². The van der Waals surface area contributed by atoms with E-state index >= 15 is 0 Å². The Morgan fingerprint density at radius 1 is 0.889 bits per heavy atom. The molecule has 63 heavy (non-hydrogen) atoms. The smallest absolute Gasteiger partial charge is 0.355 e. The summed E-state index contributed by atoms with van der Waals surface area (Å²) in [5, 5.41) is 29.8. The van der Waals surface area contributed by atoms with Crippen molar-refractivity contribution < 1.29 is 57.8 Å². The average molecular weight is 883 g/mol. The molecule has 0 bridgehead atoms. The van der Waals surface area contributed by atoms with E-state index in [1.807, 2.05) is 11.8 Å². The quantitative estimate of drug-likeness (QED) is 0.0494. The SMILES string of the molecule is O=C(CCCCCC(NC(=O)CCCC[C@@H]1SC[C@@H]2NC(=O)C[C@@H]21)C(=O)ON1C(=O)CCC1=O)CNC(=O)c1ccc(-c2c3ccc(=O)cc-3oc3cc(O)ccc23)c(C(=O)O)c1. The second kappa shape index (κ2) is 19.7. The van der Waals surface area contributed by atoms with Crippen LogP contribution in [0.5, 0.6) is 5.75 Å². The van der Waals surface area contributed by atoms with E-state index in [0.717, 1.165) is 18.6 Å². The molecular formula is C45H46N4O13S. The Balaban J connectivity index is 0.899. The lowest BCUT2D eigenvalue weighted by atomic mass is 9.90. The van der Waals surface area contributed by atoms with Gasteiger partial charge in [0, 0.05) is 89.3 Å². The number of amides is 5. The summed E-state index contributed by atoms with van der Waals surface area (Å²) in [5.41, 5.74) is 0.716. The molecule has 7 rings (SSSR count). The molecular weight excluding hydrogens is 837 g/mol. The minimum Gasteiger partial charge on any atom is -0.508 e. The van der Waals surface area contributed by atoms with Crippen LogP contribution >= 0.6 is 11.8 Å². The van der Waals surface area contributed by atoms with E-state index < -0.39 is 35.7 Å². The fourth-order valence-electron chi connectivity index (χ4n) is 8.34. The zero-order valence-corrected chi connectivity index (χ0v) is 35.0. The summed E-state index contributed by atoms with van der Waals surface area (Å²) in [6.07, 6.45) is 4.08. The van der Waals surface area contributed by atoms with Crippen LogP contribution in [0.2, 0.25) is 0 Å². The molecule has 1 unspecified atom stereocenters.